The smallest absolute Gasteiger partial charge is 0.147 e. The van der Waals surface area contributed by atoms with E-state index < -0.39 is 0 Å². The fourth-order valence-electron chi connectivity index (χ4n) is 0.805. The van der Waals surface area contributed by atoms with Crippen LogP contribution in [0.3, 0.4) is 0 Å². The molecule has 0 saturated heterocycles. The van der Waals surface area contributed by atoms with Crippen LogP contribution in [-0.2, 0) is 23.2 Å². The van der Waals surface area contributed by atoms with E-state index in [0.29, 0.717) is 0 Å². The third-order valence-electron chi connectivity index (χ3n) is 1.18. The minimum Gasteiger partial charge on any atom is -0.147 e. The van der Waals surface area contributed by atoms with Crippen molar-refractivity contribution in [2.45, 2.75) is 17.5 Å². The summed E-state index contributed by atoms with van der Waals surface area (Å²) in [6, 6.07) is 0. The molecule has 0 nitrogen and oxygen atoms in total. The zero-order valence-electron chi connectivity index (χ0n) is 5.96. The van der Waals surface area contributed by atoms with Crippen LogP contribution < -0.4 is 0 Å². The summed E-state index contributed by atoms with van der Waals surface area (Å²) in [5, 5.41) is 0. The maximum absolute atomic E-state index is 2.30. The number of hydrogen-bond donors (Lipinski definition) is 0. The Bertz CT molecular complexity index is 130. The third kappa shape index (κ3) is 4.71. The van der Waals surface area contributed by atoms with E-state index in [1.54, 1.807) is 3.28 Å². The number of hydrogen-bond acceptors (Lipinski definition) is 0. The molecule has 0 radical (unpaired) electrons. The number of rotatable bonds is 2. The second-order valence-corrected chi connectivity index (χ2v) is 6.04. The van der Waals surface area contributed by atoms with Crippen molar-refractivity contribution in [1.29, 1.82) is 0 Å². The molecule has 0 aromatic heterocycles. The van der Waals surface area contributed by atoms with E-state index in [1.165, 1.54) is 10.5 Å². The molecule has 0 aromatic rings. The molecule has 58 valence electrons. The quantitative estimate of drug-likeness (QED) is 0.713. The Hall–Kier alpha value is 0.943. The summed E-state index contributed by atoms with van der Waals surface area (Å²) in [5.41, 5.74) is 0. The number of halogens is 2. The van der Waals surface area contributed by atoms with E-state index >= 15 is 0 Å². The Morgan fingerprint density at radius 3 is 2.60 bits per heavy atom. The van der Waals surface area contributed by atoms with Gasteiger partial charge in [-0.2, -0.15) is 0 Å². The van der Waals surface area contributed by atoms with Crippen molar-refractivity contribution >= 4 is 24.8 Å². The molecular formula is C7H12Cl2Zr. The van der Waals surface area contributed by atoms with Gasteiger partial charge in [-0.25, -0.2) is 0 Å². The van der Waals surface area contributed by atoms with E-state index in [2.05, 4.69) is 25.2 Å². The van der Waals surface area contributed by atoms with Crippen LogP contribution in [0.15, 0.2) is 21.5 Å². The topological polar surface area (TPSA) is 0 Å². The summed E-state index contributed by atoms with van der Waals surface area (Å²) < 4.78 is 3.22. The van der Waals surface area contributed by atoms with E-state index in [0.717, 1.165) is 0 Å². The minimum absolute atomic E-state index is 0. The Kier molecular flexibility index (Phi) is 10.9. The van der Waals surface area contributed by atoms with Gasteiger partial charge in [0, 0.05) is 0 Å². The van der Waals surface area contributed by atoms with Gasteiger partial charge in [0.25, 0.3) is 0 Å². The van der Waals surface area contributed by atoms with Gasteiger partial charge in [0.2, 0.25) is 0 Å². The summed E-state index contributed by atoms with van der Waals surface area (Å²) in [7, 11) is 0. The van der Waals surface area contributed by atoms with Crippen molar-refractivity contribution in [2.75, 3.05) is 0 Å². The van der Waals surface area contributed by atoms with Crippen LogP contribution in [-0.4, -0.2) is 0 Å². The Morgan fingerprint density at radius 1 is 1.50 bits per heavy atom. The predicted molar refractivity (Wildman–Crippen MR) is 46.8 cm³/mol. The molecule has 0 fully saturated rings. The molecule has 0 spiro atoms. The van der Waals surface area contributed by atoms with Gasteiger partial charge < -0.3 is 0 Å². The first-order valence-corrected chi connectivity index (χ1v) is 5.99. The molecule has 0 saturated carbocycles. The molecule has 0 amide bonds. The van der Waals surface area contributed by atoms with Gasteiger partial charge in [0.05, 0.1) is 0 Å². The van der Waals surface area contributed by atoms with Gasteiger partial charge in [-0.3, -0.25) is 0 Å². The fraction of sp³-hybridized carbons (Fsp3) is 0.429. The average molecular weight is 258 g/mol. The first-order valence-electron chi connectivity index (χ1n) is 3.03. The van der Waals surface area contributed by atoms with E-state index in [-0.39, 0.29) is 48.0 Å². The summed E-state index contributed by atoms with van der Waals surface area (Å²) >= 11 is -0.0469. The summed E-state index contributed by atoms with van der Waals surface area (Å²) in [5.74, 6) is 0. The van der Waals surface area contributed by atoms with Crippen molar-refractivity contribution in [3.8, 4) is 0 Å². The van der Waals surface area contributed by atoms with Crippen molar-refractivity contribution in [2.24, 2.45) is 0 Å². The van der Waals surface area contributed by atoms with Crippen LogP contribution >= 0.6 is 24.8 Å². The zero-order valence-corrected chi connectivity index (χ0v) is 10.1. The van der Waals surface area contributed by atoms with Gasteiger partial charge in [-0.15, -0.1) is 24.8 Å². The van der Waals surface area contributed by atoms with Crippen LogP contribution in [0.2, 0.25) is 4.13 Å². The molecule has 0 N–H and O–H groups in total. The zero-order chi connectivity index (χ0) is 5.82. The second kappa shape index (κ2) is 8.04. The number of allylic oxidation sites excluding steroid dienone is 4. The summed E-state index contributed by atoms with van der Waals surface area (Å²) in [6.07, 6.45) is 8.02. The van der Waals surface area contributed by atoms with Crippen molar-refractivity contribution in [3.05, 3.63) is 21.5 Å². The largest absolute Gasteiger partial charge is 0.147 e. The molecule has 3 heteroatoms. The van der Waals surface area contributed by atoms with Crippen molar-refractivity contribution < 1.29 is 23.2 Å². The average Bonchev–Trinajstić information content (AvgIpc) is 2.19. The fourth-order valence-corrected chi connectivity index (χ4v) is 3.09. The van der Waals surface area contributed by atoms with Crippen molar-refractivity contribution in [3.63, 3.8) is 0 Å². The Balaban J connectivity index is 0. The van der Waals surface area contributed by atoms with Crippen LogP contribution in [0.4, 0.5) is 0 Å². The molecular weight excluding hydrogens is 246 g/mol. The van der Waals surface area contributed by atoms with Gasteiger partial charge in [0.15, 0.2) is 0 Å². The van der Waals surface area contributed by atoms with Gasteiger partial charge in [-0.1, -0.05) is 0 Å². The molecule has 1 aliphatic carbocycles. The molecule has 0 aromatic carbocycles. The standard InChI is InChI=1S/C5H5.C2H5.2ClH.Zr/c1-2-4-5-3-1;1-2;;;/h1-3H,4H2;1H2,2H3;2*1H;. The molecule has 10 heavy (non-hydrogen) atoms. The predicted octanol–water partition coefficient (Wildman–Crippen LogP) is 3.19. The maximum Gasteiger partial charge on any atom is -0.147 e. The molecule has 0 aliphatic heterocycles. The molecule has 0 heterocycles. The van der Waals surface area contributed by atoms with Crippen LogP contribution in [0.1, 0.15) is 13.3 Å². The Labute approximate surface area is 86.5 Å². The van der Waals surface area contributed by atoms with Gasteiger partial charge in [0.1, 0.15) is 0 Å². The second-order valence-electron chi connectivity index (χ2n) is 1.85. The van der Waals surface area contributed by atoms with Crippen LogP contribution in [0, 0.1) is 0 Å². The van der Waals surface area contributed by atoms with Crippen LogP contribution in [0.25, 0.3) is 0 Å². The molecule has 0 bridgehead atoms. The van der Waals surface area contributed by atoms with E-state index in [1.807, 2.05) is 0 Å². The van der Waals surface area contributed by atoms with E-state index in [9.17, 15) is 0 Å². The monoisotopic (exact) mass is 256 g/mol. The van der Waals surface area contributed by atoms with Gasteiger partial charge >= 0.3 is 62.2 Å². The molecule has 0 unspecified atom stereocenters. The molecule has 1 rings (SSSR count). The molecule has 1 aliphatic rings. The van der Waals surface area contributed by atoms with Crippen molar-refractivity contribution in [1.82, 2.24) is 0 Å². The first-order chi connectivity index (χ1) is 3.93. The maximum atomic E-state index is 2.30. The Morgan fingerprint density at radius 2 is 2.20 bits per heavy atom. The summed E-state index contributed by atoms with van der Waals surface area (Å²) in [6.45, 7) is 2.30. The van der Waals surface area contributed by atoms with E-state index in [4.69, 9.17) is 0 Å². The SMILES string of the molecule is C[CH2][Zr][C]1=CC=CC1.Cl.Cl. The third-order valence-corrected chi connectivity index (χ3v) is 4.07. The van der Waals surface area contributed by atoms with Gasteiger partial charge in [-0.05, 0) is 0 Å². The normalized spacial score (nSPS) is 13.1. The van der Waals surface area contributed by atoms with Crippen LogP contribution in [0.5, 0.6) is 0 Å². The minimum atomic E-state index is -0.0469. The first kappa shape index (κ1) is 13.5. The summed E-state index contributed by atoms with van der Waals surface area (Å²) in [4.78, 5) is 0. The molecule has 0 atom stereocenters.